The van der Waals surface area contributed by atoms with E-state index in [4.69, 9.17) is 0 Å². The average molecular weight is 540 g/mol. The molecule has 0 saturated heterocycles. The Bertz CT molecular complexity index is 867. The number of methoxy groups -OCH3 is 1. The average Bonchev–Trinajstić information content (AvgIpc) is 2.94. The number of ether oxygens (including phenoxy) is 1. The molecular formula is C32H49N3O4. The molecule has 39 heavy (non-hydrogen) atoms. The molecule has 216 valence electrons. The van der Waals surface area contributed by atoms with Gasteiger partial charge >= 0.3 is 5.97 Å². The zero-order valence-electron chi connectivity index (χ0n) is 24.1. The van der Waals surface area contributed by atoms with E-state index in [1.165, 1.54) is 7.11 Å². The van der Waals surface area contributed by atoms with Crippen LogP contribution in [-0.4, -0.2) is 49.5 Å². The molecule has 0 rings (SSSR count). The highest BCUT2D eigenvalue weighted by molar-refractivity contribution is 5.94. The van der Waals surface area contributed by atoms with Gasteiger partial charge in [-0.1, -0.05) is 86.8 Å². The van der Waals surface area contributed by atoms with Crippen molar-refractivity contribution in [1.29, 1.82) is 0 Å². The van der Waals surface area contributed by atoms with Gasteiger partial charge in [0.2, 0.25) is 11.8 Å². The first-order valence-electron chi connectivity index (χ1n) is 14.0. The monoisotopic (exact) mass is 539 g/mol. The molecule has 0 aromatic carbocycles. The van der Waals surface area contributed by atoms with Gasteiger partial charge in [0.1, 0.15) is 0 Å². The Labute approximate surface area is 236 Å². The third kappa shape index (κ3) is 26.0. The minimum atomic E-state index is -0.575. The lowest BCUT2D eigenvalue weighted by Gasteiger charge is -2.21. The first kappa shape index (κ1) is 35.5. The predicted molar refractivity (Wildman–Crippen MR) is 162 cm³/mol. The number of carbonyl (C=O) groups is 3. The van der Waals surface area contributed by atoms with Crippen molar-refractivity contribution >= 4 is 17.8 Å². The van der Waals surface area contributed by atoms with Crippen LogP contribution >= 0.6 is 0 Å². The minimum Gasteiger partial charge on any atom is -0.466 e. The number of nitrogens with one attached hydrogen (secondary N) is 2. The molecule has 0 aliphatic heterocycles. The van der Waals surface area contributed by atoms with Crippen molar-refractivity contribution in [3.05, 3.63) is 85.1 Å². The van der Waals surface area contributed by atoms with E-state index < -0.39 is 5.97 Å². The molecule has 0 fully saturated rings. The van der Waals surface area contributed by atoms with Gasteiger partial charge in [0.05, 0.1) is 7.11 Å². The number of hydrogen-bond donors (Lipinski definition) is 2. The number of amides is 2. The summed E-state index contributed by atoms with van der Waals surface area (Å²) in [6.45, 7) is 5.83. The van der Waals surface area contributed by atoms with Crippen LogP contribution in [0, 0.1) is 0 Å². The summed E-state index contributed by atoms with van der Waals surface area (Å²) in [5.41, 5.74) is 2.90. The summed E-state index contributed by atoms with van der Waals surface area (Å²) < 4.78 is 4.43. The van der Waals surface area contributed by atoms with Crippen LogP contribution < -0.4 is 10.7 Å². The summed E-state index contributed by atoms with van der Waals surface area (Å²) in [7, 11) is 1.25. The zero-order chi connectivity index (χ0) is 28.8. The first-order chi connectivity index (χ1) is 19.0. The number of rotatable bonds is 22. The SMILES string of the molecule is CC/C=C\C/C=C\C/C=C\C/C=C\C/C=C\C/C=C\CCC(=O)NN(CC)CCCNC(=O)C=CC(=O)OC. The van der Waals surface area contributed by atoms with Crippen molar-refractivity contribution in [3.63, 3.8) is 0 Å². The van der Waals surface area contributed by atoms with Crippen molar-refractivity contribution in [3.8, 4) is 0 Å². The summed E-state index contributed by atoms with van der Waals surface area (Å²) in [6, 6.07) is 0. The van der Waals surface area contributed by atoms with Gasteiger partial charge in [0, 0.05) is 38.2 Å². The van der Waals surface area contributed by atoms with Crippen molar-refractivity contribution in [2.75, 3.05) is 26.7 Å². The Morgan fingerprint density at radius 2 is 1.23 bits per heavy atom. The standard InChI is InChI=1S/C32H49N3O4/c1-4-6-7-8-9-10-11-12-13-14-15-16-17-18-19-20-21-22-23-25-31(37)34-35(5-2)29-24-28-33-30(36)26-27-32(38)39-3/h6-7,9-10,12-13,15-16,18-19,21-22,26-27H,4-5,8,11,14,17,20,23-25,28-29H2,1-3H3,(H,33,36)(H,34,37)/b7-6-,10-9-,13-12-,16-15-,19-18-,22-21-,27-26?. The van der Waals surface area contributed by atoms with Gasteiger partial charge in [-0.15, -0.1) is 0 Å². The Hall–Kier alpha value is -3.45. The third-order valence-corrected chi connectivity index (χ3v) is 5.28. The molecule has 2 amide bonds. The van der Waals surface area contributed by atoms with Crippen molar-refractivity contribution in [2.24, 2.45) is 0 Å². The van der Waals surface area contributed by atoms with Crippen molar-refractivity contribution < 1.29 is 19.1 Å². The summed E-state index contributed by atoms with van der Waals surface area (Å²) in [5.74, 6) is -0.959. The predicted octanol–water partition coefficient (Wildman–Crippen LogP) is 6.05. The molecule has 7 nitrogen and oxygen atoms in total. The molecule has 0 bridgehead atoms. The maximum atomic E-state index is 12.2. The molecular weight excluding hydrogens is 490 g/mol. The maximum Gasteiger partial charge on any atom is 0.330 e. The summed E-state index contributed by atoms with van der Waals surface area (Å²) in [6.07, 6.45) is 35.8. The quantitative estimate of drug-likeness (QED) is 0.0575. The van der Waals surface area contributed by atoms with Crippen LogP contribution in [0.5, 0.6) is 0 Å². The molecule has 0 aliphatic carbocycles. The summed E-state index contributed by atoms with van der Waals surface area (Å²) in [4.78, 5) is 34.7. The van der Waals surface area contributed by atoms with Crippen molar-refractivity contribution in [1.82, 2.24) is 15.8 Å². The summed E-state index contributed by atoms with van der Waals surface area (Å²) >= 11 is 0. The second-order valence-corrected chi connectivity index (χ2v) is 8.57. The fourth-order valence-electron chi connectivity index (χ4n) is 3.13. The van der Waals surface area contributed by atoms with Crippen LogP contribution in [-0.2, 0) is 19.1 Å². The number of hydrazine groups is 1. The Morgan fingerprint density at radius 3 is 1.72 bits per heavy atom. The van der Waals surface area contributed by atoms with Crippen molar-refractivity contribution in [2.45, 2.75) is 71.6 Å². The van der Waals surface area contributed by atoms with Gasteiger partial charge in [0.25, 0.3) is 0 Å². The maximum absolute atomic E-state index is 12.2. The molecule has 0 aliphatic rings. The van der Waals surface area contributed by atoms with Crippen LogP contribution in [0.1, 0.15) is 71.6 Å². The van der Waals surface area contributed by atoms with E-state index in [0.717, 1.165) is 50.7 Å². The fraction of sp³-hybridized carbons (Fsp3) is 0.469. The van der Waals surface area contributed by atoms with E-state index in [1.807, 2.05) is 18.0 Å². The van der Waals surface area contributed by atoms with E-state index in [-0.39, 0.29) is 11.8 Å². The highest BCUT2D eigenvalue weighted by Gasteiger charge is 2.06. The Morgan fingerprint density at radius 1 is 0.718 bits per heavy atom. The number of allylic oxidation sites excluding steroid dienone is 12. The van der Waals surface area contributed by atoms with Gasteiger partial charge in [0.15, 0.2) is 0 Å². The normalized spacial score (nSPS) is 12.5. The Balaban J connectivity index is 3.85. The van der Waals surface area contributed by atoms with E-state index in [2.05, 4.69) is 89.2 Å². The molecule has 0 heterocycles. The minimum absolute atomic E-state index is 0.0265. The van der Waals surface area contributed by atoms with Gasteiger partial charge in [-0.05, 0) is 51.4 Å². The van der Waals surface area contributed by atoms with E-state index in [9.17, 15) is 14.4 Å². The lowest BCUT2D eigenvalue weighted by Crippen LogP contribution is -2.43. The molecule has 2 N–H and O–H groups in total. The molecule has 0 saturated carbocycles. The van der Waals surface area contributed by atoms with Gasteiger partial charge in [-0.2, -0.15) is 0 Å². The number of nitrogens with zero attached hydrogens (tertiary/aromatic N) is 1. The number of esters is 1. The molecule has 0 unspecified atom stereocenters. The van der Waals surface area contributed by atoms with Crippen LogP contribution in [0.2, 0.25) is 0 Å². The van der Waals surface area contributed by atoms with E-state index in [0.29, 0.717) is 38.9 Å². The van der Waals surface area contributed by atoms with Gasteiger partial charge < -0.3 is 10.1 Å². The van der Waals surface area contributed by atoms with Gasteiger partial charge in [-0.3, -0.25) is 15.0 Å². The van der Waals surface area contributed by atoms with Crippen LogP contribution in [0.15, 0.2) is 85.1 Å². The molecule has 0 radical (unpaired) electrons. The molecule has 0 aromatic rings. The van der Waals surface area contributed by atoms with Crippen LogP contribution in [0.3, 0.4) is 0 Å². The molecule has 0 aromatic heterocycles. The largest absolute Gasteiger partial charge is 0.466 e. The fourth-order valence-corrected chi connectivity index (χ4v) is 3.13. The highest BCUT2D eigenvalue weighted by Crippen LogP contribution is 1.98. The molecule has 7 heteroatoms. The lowest BCUT2D eigenvalue weighted by molar-refractivity contribution is -0.135. The first-order valence-corrected chi connectivity index (χ1v) is 14.0. The highest BCUT2D eigenvalue weighted by atomic mass is 16.5. The second-order valence-electron chi connectivity index (χ2n) is 8.57. The third-order valence-electron chi connectivity index (χ3n) is 5.28. The Kier molecular flexibility index (Phi) is 25.1. The second kappa shape index (κ2) is 27.6. The van der Waals surface area contributed by atoms with Crippen LogP contribution in [0.25, 0.3) is 0 Å². The van der Waals surface area contributed by atoms with E-state index in [1.54, 1.807) is 0 Å². The number of hydrogen-bond acceptors (Lipinski definition) is 5. The van der Waals surface area contributed by atoms with Crippen LogP contribution in [0.4, 0.5) is 0 Å². The van der Waals surface area contributed by atoms with Gasteiger partial charge in [-0.25, -0.2) is 9.80 Å². The lowest BCUT2D eigenvalue weighted by atomic mass is 10.2. The molecule has 0 spiro atoms. The summed E-state index contributed by atoms with van der Waals surface area (Å²) in [5, 5.41) is 4.52. The smallest absolute Gasteiger partial charge is 0.330 e. The molecule has 0 atom stereocenters. The van der Waals surface area contributed by atoms with E-state index >= 15 is 0 Å². The topological polar surface area (TPSA) is 87.7 Å². The zero-order valence-corrected chi connectivity index (χ0v) is 24.1. The number of carbonyl (C=O) groups excluding carboxylic acids is 3.